The lowest BCUT2D eigenvalue weighted by atomic mass is 10.2. The fourth-order valence-corrected chi connectivity index (χ4v) is 3.65. The summed E-state index contributed by atoms with van der Waals surface area (Å²) in [7, 11) is -3.01. The van der Waals surface area contributed by atoms with E-state index >= 15 is 0 Å². The molecule has 1 heterocycles. The molecule has 3 N–H and O–H groups in total. The Bertz CT molecular complexity index is 598. The lowest BCUT2D eigenvalue weighted by Gasteiger charge is -2.12. The number of carbonyl (C=O) groups excluding carboxylic acids is 2. The van der Waals surface area contributed by atoms with Crippen molar-refractivity contribution in [2.24, 2.45) is 0 Å². The molecule has 2 rings (SSSR count). The Morgan fingerprint density at radius 3 is 2.40 bits per heavy atom. The van der Waals surface area contributed by atoms with Gasteiger partial charge in [-0.2, -0.15) is 0 Å². The Labute approximate surface area is 116 Å². The number of urea groups is 1. The normalized spacial score (nSPS) is 20.1. The van der Waals surface area contributed by atoms with Crippen LogP contribution in [-0.2, 0) is 14.6 Å². The van der Waals surface area contributed by atoms with Crippen LogP contribution in [0.2, 0.25) is 0 Å². The van der Waals surface area contributed by atoms with Gasteiger partial charge >= 0.3 is 6.03 Å². The highest BCUT2D eigenvalue weighted by molar-refractivity contribution is 7.91. The van der Waals surface area contributed by atoms with Crippen molar-refractivity contribution in [3.8, 4) is 0 Å². The lowest BCUT2D eigenvalue weighted by Crippen LogP contribution is -2.38. The largest absolute Gasteiger partial charge is 0.334 e. The predicted octanol–water partition coefficient (Wildman–Crippen LogP) is 0.563. The Kier molecular flexibility index (Phi) is 4.23. The Morgan fingerprint density at radius 2 is 1.85 bits per heavy atom. The van der Waals surface area contributed by atoms with Crippen LogP contribution in [0.3, 0.4) is 0 Å². The van der Waals surface area contributed by atoms with E-state index in [4.69, 9.17) is 0 Å². The summed E-state index contributed by atoms with van der Waals surface area (Å²) in [6.45, 7) is 0. The molecule has 0 aliphatic carbocycles. The Morgan fingerprint density at radius 1 is 1.20 bits per heavy atom. The molecule has 1 saturated heterocycles. The Hall–Kier alpha value is -2.09. The smallest absolute Gasteiger partial charge is 0.319 e. The van der Waals surface area contributed by atoms with Crippen LogP contribution >= 0.6 is 0 Å². The summed E-state index contributed by atoms with van der Waals surface area (Å²) in [5.41, 5.74) is 1.17. The first-order chi connectivity index (χ1) is 9.48. The van der Waals surface area contributed by atoms with Crippen molar-refractivity contribution in [1.82, 2.24) is 5.32 Å². The number of benzene rings is 1. The van der Waals surface area contributed by atoms with E-state index in [1.165, 1.54) is 0 Å². The van der Waals surface area contributed by atoms with Gasteiger partial charge in [-0.05, 0) is 30.7 Å². The van der Waals surface area contributed by atoms with Gasteiger partial charge in [0, 0.05) is 17.4 Å². The molecule has 7 nitrogen and oxygen atoms in total. The van der Waals surface area contributed by atoms with Crippen molar-refractivity contribution in [2.45, 2.75) is 12.5 Å². The fourth-order valence-electron chi connectivity index (χ4n) is 1.98. The number of anilines is 2. The fraction of sp³-hybridized carbons (Fsp3) is 0.333. The maximum atomic E-state index is 11.7. The van der Waals surface area contributed by atoms with E-state index in [1.54, 1.807) is 24.3 Å². The Balaban J connectivity index is 1.87. The van der Waals surface area contributed by atoms with Crippen molar-refractivity contribution in [3.05, 3.63) is 24.3 Å². The second-order valence-corrected chi connectivity index (χ2v) is 6.77. The van der Waals surface area contributed by atoms with Gasteiger partial charge < -0.3 is 16.0 Å². The zero-order valence-electron chi connectivity index (χ0n) is 10.6. The van der Waals surface area contributed by atoms with Crippen LogP contribution in [0.5, 0.6) is 0 Å². The molecule has 1 aromatic carbocycles. The molecule has 1 fully saturated rings. The quantitative estimate of drug-likeness (QED) is 0.706. The molecule has 1 aliphatic rings. The SMILES string of the molecule is O=CNc1ccc(NC(=O)NC2CCS(=O)(=O)C2)cc1. The van der Waals surface area contributed by atoms with Crippen LogP contribution in [0.4, 0.5) is 16.2 Å². The second kappa shape index (κ2) is 5.91. The molecule has 1 atom stereocenters. The number of amides is 3. The number of hydrogen-bond donors (Lipinski definition) is 3. The maximum absolute atomic E-state index is 11.7. The molecule has 1 aromatic rings. The molecular weight excluding hydrogens is 282 g/mol. The van der Waals surface area contributed by atoms with Crippen LogP contribution in [0.1, 0.15) is 6.42 Å². The summed E-state index contributed by atoms with van der Waals surface area (Å²) >= 11 is 0. The van der Waals surface area contributed by atoms with E-state index in [2.05, 4.69) is 16.0 Å². The summed E-state index contributed by atoms with van der Waals surface area (Å²) in [6.07, 6.45) is 1.01. The third kappa shape index (κ3) is 3.95. The number of nitrogens with one attached hydrogen (secondary N) is 3. The minimum Gasteiger partial charge on any atom is -0.334 e. The molecule has 0 spiro atoms. The monoisotopic (exact) mass is 297 g/mol. The summed E-state index contributed by atoms with van der Waals surface area (Å²) < 4.78 is 22.5. The van der Waals surface area contributed by atoms with Gasteiger partial charge in [-0.3, -0.25) is 4.79 Å². The first-order valence-electron chi connectivity index (χ1n) is 6.07. The number of rotatable bonds is 4. The van der Waals surface area contributed by atoms with E-state index in [-0.39, 0.29) is 17.5 Å². The van der Waals surface area contributed by atoms with Crippen molar-refractivity contribution in [1.29, 1.82) is 0 Å². The van der Waals surface area contributed by atoms with Gasteiger partial charge in [0.1, 0.15) is 0 Å². The maximum Gasteiger partial charge on any atom is 0.319 e. The lowest BCUT2D eigenvalue weighted by molar-refractivity contribution is -0.105. The molecule has 1 unspecified atom stereocenters. The van der Waals surface area contributed by atoms with Crippen LogP contribution in [0, 0.1) is 0 Å². The zero-order chi connectivity index (χ0) is 14.6. The molecule has 0 saturated carbocycles. The van der Waals surface area contributed by atoms with Gasteiger partial charge in [0.25, 0.3) is 0 Å². The third-order valence-electron chi connectivity index (χ3n) is 2.94. The number of sulfone groups is 1. The van der Waals surface area contributed by atoms with Crippen molar-refractivity contribution >= 4 is 33.7 Å². The summed E-state index contributed by atoms with van der Waals surface area (Å²) in [4.78, 5) is 21.9. The van der Waals surface area contributed by atoms with E-state index < -0.39 is 15.9 Å². The minimum absolute atomic E-state index is 0.0113. The summed E-state index contributed by atoms with van der Waals surface area (Å²) in [5, 5.41) is 7.71. The standard InChI is InChI=1S/C12H15N3O4S/c16-8-13-9-1-3-10(4-2-9)14-12(17)15-11-5-6-20(18,19)7-11/h1-4,8,11H,5-7H2,(H,13,16)(H2,14,15,17). The highest BCUT2D eigenvalue weighted by Crippen LogP contribution is 2.14. The molecule has 108 valence electrons. The highest BCUT2D eigenvalue weighted by atomic mass is 32.2. The molecule has 20 heavy (non-hydrogen) atoms. The van der Waals surface area contributed by atoms with Gasteiger partial charge in [0.15, 0.2) is 9.84 Å². The van der Waals surface area contributed by atoms with Crippen LogP contribution in [-0.4, -0.2) is 38.4 Å². The van der Waals surface area contributed by atoms with Crippen LogP contribution < -0.4 is 16.0 Å². The van der Waals surface area contributed by atoms with E-state index in [1.807, 2.05) is 0 Å². The molecule has 0 radical (unpaired) electrons. The van der Waals surface area contributed by atoms with Crippen molar-refractivity contribution < 1.29 is 18.0 Å². The molecular formula is C12H15N3O4S. The molecule has 3 amide bonds. The first kappa shape index (κ1) is 14.3. The topological polar surface area (TPSA) is 104 Å². The van der Waals surface area contributed by atoms with Gasteiger partial charge in [0.2, 0.25) is 6.41 Å². The molecule has 8 heteroatoms. The van der Waals surface area contributed by atoms with Gasteiger partial charge in [0.05, 0.1) is 11.5 Å². The molecule has 0 aromatic heterocycles. The highest BCUT2D eigenvalue weighted by Gasteiger charge is 2.28. The van der Waals surface area contributed by atoms with Crippen LogP contribution in [0.25, 0.3) is 0 Å². The first-order valence-corrected chi connectivity index (χ1v) is 7.89. The van der Waals surface area contributed by atoms with Crippen molar-refractivity contribution in [2.75, 3.05) is 22.1 Å². The third-order valence-corrected chi connectivity index (χ3v) is 4.70. The number of carbonyl (C=O) groups is 2. The summed E-state index contributed by atoms with van der Waals surface area (Å²) in [6, 6.07) is 5.78. The second-order valence-electron chi connectivity index (χ2n) is 4.54. The molecule has 1 aliphatic heterocycles. The van der Waals surface area contributed by atoms with Gasteiger partial charge in [-0.15, -0.1) is 0 Å². The average molecular weight is 297 g/mol. The van der Waals surface area contributed by atoms with Crippen LogP contribution in [0.15, 0.2) is 24.3 Å². The average Bonchev–Trinajstić information content (AvgIpc) is 2.71. The van der Waals surface area contributed by atoms with Crippen molar-refractivity contribution in [3.63, 3.8) is 0 Å². The summed E-state index contributed by atoms with van der Waals surface area (Å²) in [5.74, 6) is 0.104. The van der Waals surface area contributed by atoms with Gasteiger partial charge in [-0.1, -0.05) is 0 Å². The predicted molar refractivity (Wildman–Crippen MR) is 75.3 cm³/mol. The van der Waals surface area contributed by atoms with E-state index in [0.29, 0.717) is 24.2 Å². The minimum atomic E-state index is -3.01. The van der Waals surface area contributed by atoms with E-state index in [0.717, 1.165) is 0 Å². The zero-order valence-corrected chi connectivity index (χ0v) is 11.4. The van der Waals surface area contributed by atoms with E-state index in [9.17, 15) is 18.0 Å². The van der Waals surface area contributed by atoms with Gasteiger partial charge in [-0.25, -0.2) is 13.2 Å². The molecule has 0 bridgehead atoms. The number of hydrogen-bond acceptors (Lipinski definition) is 4.